The lowest BCUT2D eigenvalue weighted by atomic mass is 10.1. The summed E-state index contributed by atoms with van der Waals surface area (Å²) >= 11 is 0. The predicted molar refractivity (Wildman–Crippen MR) is 87.2 cm³/mol. The number of rotatable bonds is 9. The number of hydrogen-bond acceptors (Lipinski definition) is 3. The highest BCUT2D eigenvalue weighted by Crippen LogP contribution is 2.24. The zero-order valence-corrected chi connectivity index (χ0v) is 13.4. The molecule has 0 aromatic heterocycles. The summed E-state index contributed by atoms with van der Waals surface area (Å²) < 4.78 is 0. The molecule has 0 aliphatic rings. The third-order valence-electron chi connectivity index (χ3n) is 3.73. The largest absolute Gasteiger partial charge is 0.395 e. The second-order valence-electron chi connectivity index (χ2n) is 5.55. The molecule has 0 saturated carbocycles. The molecule has 0 aliphatic heterocycles. The highest BCUT2D eigenvalue weighted by atomic mass is 16.3. The SMILES string of the molecule is CCC(CC)N(CCO)c1ccccc1CNC(C)C. The van der Waals surface area contributed by atoms with E-state index in [4.69, 9.17) is 0 Å². The van der Waals surface area contributed by atoms with Gasteiger partial charge in [-0.05, 0) is 24.5 Å². The minimum absolute atomic E-state index is 0.197. The maximum absolute atomic E-state index is 9.39. The highest BCUT2D eigenvalue weighted by Gasteiger charge is 2.17. The molecular weight excluding hydrogens is 248 g/mol. The molecule has 0 heterocycles. The van der Waals surface area contributed by atoms with Crippen LogP contribution in [-0.4, -0.2) is 30.3 Å². The number of benzene rings is 1. The average Bonchev–Trinajstić information content (AvgIpc) is 2.45. The van der Waals surface area contributed by atoms with Crippen LogP contribution in [0.25, 0.3) is 0 Å². The molecule has 0 fully saturated rings. The van der Waals surface area contributed by atoms with E-state index >= 15 is 0 Å². The van der Waals surface area contributed by atoms with E-state index in [0.717, 1.165) is 19.4 Å². The van der Waals surface area contributed by atoms with Crippen LogP contribution < -0.4 is 10.2 Å². The molecule has 1 rings (SSSR count). The van der Waals surface area contributed by atoms with Crippen molar-refractivity contribution in [3.05, 3.63) is 29.8 Å². The average molecular weight is 278 g/mol. The van der Waals surface area contributed by atoms with Gasteiger partial charge >= 0.3 is 0 Å². The van der Waals surface area contributed by atoms with E-state index in [1.54, 1.807) is 0 Å². The van der Waals surface area contributed by atoms with Gasteiger partial charge in [-0.15, -0.1) is 0 Å². The summed E-state index contributed by atoms with van der Waals surface area (Å²) in [5, 5.41) is 12.9. The minimum atomic E-state index is 0.197. The van der Waals surface area contributed by atoms with E-state index in [1.165, 1.54) is 11.3 Å². The van der Waals surface area contributed by atoms with Crippen LogP contribution in [0.15, 0.2) is 24.3 Å². The van der Waals surface area contributed by atoms with Crippen LogP contribution in [0.4, 0.5) is 5.69 Å². The fourth-order valence-corrected chi connectivity index (χ4v) is 2.59. The lowest BCUT2D eigenvalue weighted by molar-refractivity contribution is 0.296. The van der Waals surface area contributed by atoms with Crippen molar-refractivity contribution in [1.29, 1.82) is 0 Å². The van der Waals surface area contributed by atoms with Crippen molar-refractivity contribution in [2.45, 2.75) is 59.2 Å². The van der Waals surface area contributed by atoms with Crippen LogP contribution in [0.2, 0.25) is 0 Å². The Morgan fingerprint density at radius 1 is 1.15 bits per heavy atom. The fraction of sp³-hybridized carbons (Fsp3) is 0.647. The molecule has 0 saturated heterocycles. The molecule has 1 aromatic rings. The Morgan fingerprint density at radius 2 is 1.80 bits per heavy atom. The number of aliphatic hydroxyl groups excluding tert-OH is 1. The molecule has 3 nitrogen and oxygen atoms in total. The van der Waals surface area contributed by atoms with Crippen molar-refractivity contribution in [3.8, 4) is 0 Å². The Bertz CT molecular complexity index is 375. The Labute approximate surface area is 124 Å². The van der Waals surface area contributed by atoms with Gasteiger partial charge in [-0.1, -0.05) is 45.9 Å². The van der Waals surface area contributed by atoms with E-state index in [9.17, 15) is 5.11 Å². The number of nitrogens with one attached hydrogen (secondary N) is 1. The van der Waals surface area contributed by atoms with Crippen molar-refractivity contribution >= 4 is 5.69 Å². The summed E-state index contributed by atoms with van der Waals surface area (Å²) in [4.78, 5) is 2.36. The molecule has 114 valence electrons. The van der Waals surface area contributed by atoms with Gasteiger partial charge in [-0.25, -0.2) is 0 Å². The van der Waals surface area contributed by atoms with Gasteiger partial charge in [-0.2, -0.15) is 0 Å². The van der Waals surface area contributed by atoms with Gasteiger partial charge in [0.15, 0.2) is 0 Å². The van der Waals surface area contributed by atoms with E-state index in [0.29, 0.717) is 18.6 Å². The number of nitrogens with zero attached hydrogens (tertiary/aromatic N) is 1. The molecule has 20 heavy (non-hydrogen) atoms. The molecule has 0 bridgehead atoms. The van der Waals surface area contributed by atoms with Crippen LogP contribution in [0.1, 0.15) is 46.1 Å². The van der Waals surface area contributed by atoms with E-state index in [-0.39, 0.29) is 6.61 Å². The van der Waals surface area contributed by atoms with Gasteiger partial charge in [0.1, 0.15) is 0 Å². The molecule has 3 heteroatoms. The highest BCUT2D eigenvalue weighted by molar-refractivity contribution is 5.54. The zero-order chi connectivity index (χ0) is 15.0. The second kappa shape index (κ2) is 8.98. The zero-order valence-electron chi connectivity index (χ0n) is 13.4. The van der Waals surface area contributed by atoms with Crippen molar-refractivity contribution in [2.75, 3.05) is 18.1 Å². The normalized spacial score (nSPS) is 11.3. The van der Waals surface area contributed by atoms with Gasteiger partial charge in [-0.3, -0.25) is 0 Å². The van der Waals surface area contributed by atoms with Crippen molar-refractivity contribution in [3.63, 3.8) is 0 Å². The summed E-state index contributed by atoms with van der Waals surface area (Å²) in [5.41, 5.74) is 2.56. The maximum Gasteiger partial charge on any atom is 0.0606 e. The van der Waals surface area contributed by atoms with Crippen molar-refractivity contribution in [2.24, 2.45) is 0 Å². The topological polar surface area (TPSA) is 35.5 Å². The smallest absolute Gasteiger partial charge is 0.0606 e. The number of para-hydroxylation sites is 1. The Kier molecular flexibility index (Phi) is 7.63. The van der Waals surface area contributed by atoms with Gasteiger partial charge in [0.05, 0.1) is 6.61 Å². The first-order valence-corrected chi connectivity index (χ1v) is 7.82. The molecule has 2 N–H and O–H groups in total. The summed E-state index contributed by atoms with van der Waals surface area (Å²) in [7, 11) is 0. The van der Waals surface area contributed by atoms with Gasteiger partial charge in [0, 0.05) is 30.9 Å². The predicted octanol–water partition coefficient (Wildman–Crippen LogP) is 3.17. The lowest BCUT2D eigenvalue weighted by Crippen LogP contribution is -2.38. The minimum Gasteiger partial charge on any atom is -0.395 e. The summed E-state index contributed by atoms with van der Waals surface area (Å²) in [5.74, 6) is 0. The third-order valence-corrected chi connectivity index (χ3v) is 3.73. The standard InChI is InChI=1S/C17H30N2O/c1-5-16(6-2)19(11-12-20)17-10-8-7-9-15(17)13-18-14(3)4/h7-10,14,16,18,20H,5-6,11-13H2,1-4H3. The first-order chi connectivity index (χ1) is 9.63. The first-order valence-electron chi connectivity index (χ1n) is 7.82. The molecule has 0 aliphatic carbocycles. The molecule has 0 atom stereocenters. The van der Waals surface area contributed by atoms with Gasteiger partial charge in [0.25, 0.3) is 0 Å². The van der Waals surface area contributed by atoms with E-state index in [2.05, 4.69) is 62.2 Å². The first kappa shape index (κ1) is 17.0. The Morgan fingerprint density at radius 3 is 2.35 bits per heavy atom. The fourth-order valence-electron chi connectivity index (χ4n) is 2.59. The molecule has 0 amide bonds. The lowest BCUT2D eigenvalue weighted by Gasteiger charge is -2.34. The number of anilines is 1. The molecule has 0 spiro atoms. The van der Waals surface area contributed by atoms with Crippen LogP contribution in [0.5, 0.6) is 0 Å². The number of aliphatic hydroxyl groups is 1. The summed E-state index contributed by atoms with van der Waals surface area (Å²) in [6.45, 7) is 10.5. The molecule has 0 unspecified atom stereocenters. The van der Waals surface area contributed by atoms with Crippen LogP contribution in [0.3, 0.4) is 0 Å². The molecular formula is C17H30N2O. The maximum atomic E-state index is 9.39. The monoisotopic (exact) mass is 278 g/mol. The second-order valence-corrected chi connectivity index (χ2v) is 5.55. The van der Waals surface area contributed by atoms with Crippen LogP contribution >= 0.6 is 0 Å². The molecule has 0 radical (unpaired) electrons. The van der Waals surface area contributed by atoms with Crippen LogP contribution in [-0.2, 0) is 6.54 Å². The van der Waals surface area contributed by atoms with E-state index < -0.39 is 0 Å². The summed E-state index contributed by atoms with van der Waals surface area (Å²) in [6, 6.07) is 9.49. The van der Waals surface area contributed by atoms with Crippen LogP contribution in [0, 0.1) is 0 Å². The van der Waals surface area contributed by atoms with Gasteiger partial charge < -0.3 is 15.3 Å². The summed E-state index contributed by atoms with van der Waals surface area (Å²) in [6.07, 6.45) is 2.20. The third kappa shape index (κ3) is 4.80. The van der Waals surface area contributed by atoms with Crippen molar-refractivity contribution < 1.29 is 5.11 Å². The van der Waals surface area contributed by atoms with Gasteiger partial charge in [0.2, 0.25) is 0 Å². The Hall–Kier alpha value is -1.06. The van der Waals surface area contributed by atoms with Crippen molar-refractivity contribution in [1.82, 2.24) is 5.32 Å². The number of hydrogen-bond donors (Lipinski definition) is 2. The molecule has 1 aromatic carbocycles. The Balaban J connectivity index is 2.99. The quantitative estimate of drug-likeness (QED) is 0.728. The van der Waals surface area contributed by atoms with E-state index in [1.807, 2.05) is 0 Å².